The molecule has 5 heteroatoms. The Bertz CT molecular complexity index is 435. The lowest BCUT2D eigenvalue weighted by atomic mass is 10.1. The number of hydrogen-bond acceptors (Lipinski definition) is 4. The molecule has 0 atom stereocenters. The molecule has 0 bridgehead atoms. The monoisotopic (exact) mass is 263 g/mol. The first kappa shape index (κ1) is 13.8. The molecule has 0 aliphatic carbocycles. The van der Waals surface area contributed by atoms with Crippen LogP contribution in [0.1, 0.15) is 11.1 Å². The minimum absolute atomic E-state index is 0.00224. The molecule has 5 nitrogen and oxygen atoms in total. The quantitative estimate of drug-likeness (QED) is 0.627. The third-order valence-corrected chi connectivity index (χ3v) is 3.16. The van der Waals surface area contributed by atoms with E-state index in [0.717, 1.165) is 13.0 Å². The highest BCUT2D eigenvalue weighted by atomic mass is 16.5. The highest BCUT2D eigenvalue weighted by molar-refractivity contribution is 5.78. The lowest BCUT2D eigenvalue weighted by Gasteiger charge is -2.10. The first-order chi connectivity index (χ1) is 9.31. The van der Waals surface area contributed by atoms with Gasteiger partial charge in [0.05, 0.1) is 13.2 Å². The molecule has 0 spiro atoms. The van der Waals surface area contributed by atoms with Crippen LogP contribution in [0, 0.1) is 0 Å². The van der Waals surface area contributed by atoms with Crippen molar-refractivity contribution in [3.63, 3.8) is 0 Å². The largest absolute Gasteiger partial charge is 0.384 e. The standard InChI is InChI=1S/C14H21N3O2/c1-19-8-7-16-13(18)10-15-9-12-4-2-3-11-5-6-17-14(11)12/h2-4,15,17H,5-10H2,1H3,(H,16,18). The van der Waals surface area contributed by atoms with Crippen LogP contribution in [0.2, 0.25) is 0 Å². The van der Waals surface area contributed by atoms with E-state index in [9.17, 15) is 4.79 Å². The summed E-state index contributed by atoms with van der Waals surface area (Å²) < 4.78 is 4.87. The van der Waals surface area contributed by atoms with Gasteiger partial charge in [-0.2, -0.15) is 0 Å². The smallest absolute Gasteiger partial charge is 0.234 e. The normalized spacial score (nSPS) is 12.9. The van der Waals surface area contributed by atoms with Gasteiger partial charge in [0.2, 0.25) is 5.91 Å². The molecule has 1 aromatic carbocycles. The third kappa shape index (κ3) is 3.94. The third-order valence-electron chi connectivity index (χ3n) is 3.16. The molecule has 3 N–H and O–H groups in total. The fourth-order valence-electron chi connectivity index (χ4n) is 2.22. The summed E-state index contributed by atoms with van der Waals surface area (Å²) in [5, 5.41) is 9.34. The number of hydrogen-bond donors (Lipinski definition) is 3. The fourth-order valence-corrected chi connectivity index (χ4v) is 2.22. The lowest BCUT2D eigenvalue weighted by molar-refractivity contribution is -0.120. The SMILES string of the molecule is COCCNC(=O)CNCc1cccc2c1NCC2. The van der Waals surface area contributed by atoms with Crippen LogP contribution >= 0.6 is 0 Å². The number of fused-ring (bicyclic) bond motifs is 1. The number of para-hydroxylation sites is 1. The molecular formula is C14H21N3O2. The Labute approximate surface area is 113 Å². The number of amides is 1. The van der Waals surface area contributed by atoms with Crippen molar-refractivity contribution in [1.82, 2.24) is 10.6 Å². The maximum absolute atomic E-state index is 11.5. The van der Waals surface area contributed by atoms with Gasteiger partial charge in [-0.3, -0.25) is 4.79 Å². The van der Waals surface area contributed by atoms with Crippen LogP contribution < -0.4 is 16.0 Å². The molecule has 0 fully saturated rings. The van der Waals surface area contributed by atoms with Gasteiger partial charge in [0.25, 0.3) is 0 Å². The van der Waals surface area contributed by atoms with E-state index in [0.29, 0.717) is 26.2 Å². The van der Waals surface area contributed by atoms with Crippen molar-refractivity contribution in [3.8, 4) is 0 Å². The first-order valence-corrected chi connectivity index (χ1v) is 6.62. The molecule has 0 unspecified atom stereocenters. The summed E-state index contributed by atoms with van der Waals surface area (Å²) in [6.07, 6.45) is 1.08. The fraction of sp³-hybridized carbons (Fsp3) is 0.500. The first-order valence-electron chi connectivity index (χ1n) is 6.62. The topological polar surface area (TPSA) is 62.4 Å². The molecule has 19 heavy (non-hydrogen) atoms. The predicted molar refractivity (Wildman–Crippen MR) is 75.2 cm³/mol. The molecule has 1 aliphatic rings. The van der Waals surface area contributed by atoms with Crippen molar-refractivity contribution in [1.29, 1.82) is 0 Å². The van der Waals surface area contributed by atoms with E-state index >= 15 is 0 Å². The van der Waals surface area contributed by atoms with Gasteiger partial charge in [0.15, 0.2) is 0 Å². The van der Waals surface area contributed by atoms with Gasteiger partial charge in [-0.15, -0.1) is 0 Å². The molecular weight excluding hydrogens is 242 g/mol. The molecule has 1 heterocycles. The van der Waals surface area contributed by atoms with Crippen LogP contribution in [-0.4, -0.2) is 39.3 Å². The Morgan fingerprint density at radius 3 is 3.21 bits per heavy atom. The van der Waals surface area contributed by atoms with Gasteiger partial charge in [-0.05, 0) is 17.5 Å². The zero-order valence-electron chi connectivity index (χ0n) is 11.3. The minimum Gasteiger partial charge on any atom is -0.384 e. The Balaban J connectivity index is 1.74. The molecule has 2 rings (SSSR count). The number of benzene rings is 1. The Morgan fingerprint density at radius 1 is 1.47 bits per heavy atom. The summed E-state index contributed by atoms with van der Waals surface area (Å²) in [6.45, 7) is 3.13. The number of nitrogens with one attached hydrogen (secondary N) is 3. The molecule has 1 amide bonds. The van der Waals surface area contributed by atoms with Crippen molar-refractivity contribution < 1.29 is 9.53 Å². The average molecular weight is 263 g/mol. The van der Waals surface area contributed by atoms with Crippen LogP contribution in [0.4, 0.5) is 5.69 Å². The number of rotatable bonds is 7. The predicted octanol–water partition coefficient (Wildman–Crippen LogP) is 0.507. The highest BCUT2D eigenvalue weighted by Gasteiger charge is 2.13. The van der Waals surface area contributed by atoms with Crippen LogP contribution in [-0.2, 0) is 22.5 Å². The van der Waals surface area contributed by atoms with Crippen molar-refractivity contribution in [2.24, 2.45) is 0 Å². The van der Waals surface area contributed by atoms with Gasteiger partial charge in [0, 0.05) is 32.4 Å². The molecule has 0 saturated carbocycles. The maximum atomic E-state index is 11.5. The van der Waals surface area contributed by atoms with Crippen LogP contribution in [0.5, 0.6) is 0 Å². The van der Waals surface area contributed by atoms with E-state index in [1.54, 1.807) is 7.11 Å². The zero-order chi connectivity index (χ0) is 13.5. The van der Waals surface area contributed by atoms with E-state index in [1.165, 1.54) is 16.8 Å². The van der Waals surface area contributed by atoms with E-state index in [2.05, 4.69) is 34.1 Å². The second-order valence-corrected chi connectivity index (χ2v) is 4.57. The van der Waals surface area contributed by atoms with Gasteiger partial charge >= 0.3 is 0 Å². The molecule has 1 aliphatic heterocycles. The molecule has 0 saturated heterocycles. The van der Waals surface area contributed by atoms with Crippen molar-refractivity contribution in [2.45, 2.75) is 13.0 Å². The summed E-state index contributed by atoms with van der Waals surface area (Å²) in [7, 11) is 1.62. The summed E-state index contributed by atoms with van der Waals surface area (Å²) in [5.74, 6) is -0.00224. The van der Waals surface area contributed by atoms with Crippen molar-refractivity contribution in [2.75, 3.05) is 38.7 Å². The minimum atomic E-state index is -0.00224. The second kappa shape index (κ2) is 7.11. The second-order valence-electron chi connectivity index (χ2n) is 4.57. The highest BCUT2D eigenvalue weighted by Crippen LogP contribution is 2.25. The molecule has 1 aromatic rings. The lowest BCUT2D eigenvalue weighted by Crippen LogP contribution is -2.35. The van der Waals surface area contributed by atoms with Gasteiger partial charge in [-0.25, -0.2) is 0 Å². The Morgan fingerprint density at radius 2 is 2.37 bits per heavy atom. The molecule has 104 valence electrons. The van der Waals surface area contributed by atoms with Crippen LogP contribution in [0.15, 0.2) is 18.2 Å². The van der Waals surface area contributed by atoms with E-state index < -0.39 is 0 Å². The number of carbonyl (C=O) groups is 1. The number of carbonyl (C=O) groups excluding carboxylic acids is 1. The summed E-state index contributed by atoms with van der Waals surface area (Å²) in [6, 6.07) is 6.31. The zero-order valence-corrected chi connectivity index (χ0v) is 11.3. The van der Waals surface area contributed by atoms with E-state index in [4.69, 9.17) is 4.74 Å². The Kier molecular flexibility index (Phi) is 5.18. The van der Waals surface area contributed by atoms with Crippen molar-refractivity contribution >= 4 is 11.6 Å². The number of ether oxygens (including phenoxy) is 1. The molecule has 0 aromatic heterocycles. The molecule has 0 radical (unpaired) electrons. The van der Waals surface area contributed by atoms with Crippen LogP contribution in [0.25, 0.3) is 0 Å². The summed E-state index contributed by atoms with van der Waals surface area (Å²) >= 11 is 0. The summed E-state index contributed by atoms with van der Waals surface area (Å²) in [4.78, 5) is 11.5. The van der Waals surface area contributed by atoms with Gasteiger partial charge in [-0.1, -0.05) is 18.2 Å². The maximum Gasteiger partial charge on any atom is 0.234 e. The van der Waals surface area contributed by atoms with Crippen molar-refractivity contribution in [3.05, 3.63) is 29.3 Å². The van der Waals surface area contributed by atoms with Gasteiger partial charge < -0.3 is 20.7 Å². The van der Waals surface area contributed by atoms with Crippen LogP contribution in [0.3, 0.4) is 0 Å². The number of methoxy groups -OCH3 is 1. The summed E-state index contributed by atoms with van der Waals surface area (Å²) in [5.41, 5.74) is 3.82. The number of anilines is 1. The Hall–Kier alpha value is -1.59. The average Bonchev–Trinajstić information content (AvgIpc) is 2.88. The van der Waals surface area contributed by atoms with E-state index in [1.807, 2.05) is 0 Å². The van der Waals surface area contributed by atoms with E-state index in [-0.39, 0.29) is 5.91 Å². The van der Waals surface area contributed by atoms with Gasteiger partial charge in [0.1, 0.15) is 0 Å².